The molecular weight excluding hydrogens is 314 g/mol. The lowest BCUT2D eigenvalue weighted by Crippen LogP contribution is -2.35. The maximum absolute atomic E-state index is 4.54. The van der Waals surface area contributed by atoms with Crippen molar-refractivity contribution in [3.8, 4) is 0 Å². The lowest BCUT2D eigenvalue weighted by Gasteiger charge is -2.30. The van der Waals surface area contributed by atoms with E-state index in [2.05, 4.69) is 62.4 Å². The number of hydrogen-bond acceptors (Lipinski definition) is 3. The van der Waals surface area contributed by atoms with E-state index in [9.17, 15) is 0 Å². The van der Waals surface area contributed by atoms with Gasteiger partial charge < -0.3 is 10.2 Å². The molecule has 1 unspecified atom stereocenters. The number of anilines is 1. The number of fused-ring (bicyclic) bond motifs is 1. The van der Waals surface area contributed by atoms with Gasteiger partial charge in [0, 0.05) is 29.1 Å². The lowest BCUT2D eigenvalue weighted by molar-refractivity contribution is 0.217. The summed E-state index contributed by atoms with van der Waals surface area (Å²) in [5, 5.41) is 4.76. The van der Waals surface area contributed by atoms with Gasteiger partial charge in [0.2, 0.25) is 0 Å². The number of para-hydroxylation sites is 1. The summed E-state index contributed by atoms with van der Waals surface area (Å²) in [6.07, 6.45) is 4.49. The van der Waals surface area contributed by atoms with Crippen molar-refractivity contribution in [2.24, 2.45) is 5.92 Å². The zero-order valence-corrected chi connectivity index (χ0v) is 13.4. The normalized spacial score (nSPS) is 20.2. The third kappa shape index (κ3) is 3.13. The molecule has 1 aliphatic rings. The molecule has 1 aliphatic heterocycles. The maximum Gasteiger partial charge on any atom is 0.0934 e. The second-order valence-electron chi connectivity index (χ2n) is 5.68. The summed E-state index contributed by atoms with van der Waals surface area (Å²) in [5.41, 5.74) is 2.20. The van der Waals surface area contributed by atoms with Gasteiger partial charge in [-0.2, -0.15) is 0 Å². The van der Waals surface area contributed by atoms with E-state index in [0.717, 1.165) is 28.1 Å². The smallest absolute Gasteiger partial charge is 0.0934 e. The zero-order valence-electron chi connectivity index (χ0n) is 11.8. The molecule has 0 spiro atoms. The number of rotatable bonds is 3. The molecule has 1 atom stereocenters. The van der Waals surface area contributed by atoms with E-state index in [-0.39, 0.29) is 0 Å². The number of pyridine rings is 1. The third-order valence-corrected chi connectivity index (χ3v) is 4.41. The molecule has 1 saturated heterocycles. The standard InChI is InChI=1S/C16H20BrN3/c1-20-7-3-4-12(11-20)9-18-15-6-2-5-13-8-14(17)10-19-16(13)15/h2,5-6,8,10,12,18H,3-4,7,9,11H2,1H3. The molecule has 1 fully saturated rings. The summed E-state index contributed by atoms with van der Waals surface area (Å²) < 4.78 is 1.02. The van der Waals surface area contributed by atoms with Gasteiger partial charge in [-0.25, -0.2) is 0 Å². The van der Waals surface area contributed by atoms with Crippen molar-refractivity contribution in [1.82, 2.24) is 9.88 Å². The van der Waals surface area contributed by atoms with E-state index in [1.807, 2.05) is 6.20 Å². The van der Waals surface area contributed by atoms with Crippen LogP contribution in [0.1, 0.15) is 12.8 Å². The highest BCUT2D eigenvalue weighted by molar-refractivity contribution is 9.10. The van der Waals surface area contributed by atoms with E-state index in [4.69, 9.17) is 0 Å². The number of nitrogens with zero attached hydrogens (tertiary/aromatic N) is 2. The van der Waals surface area contributed by atoms with E-state index >= 15 is 0 Å². The molecule has 1 N–H and O–H groups in total. The van der Waals surface area contributed by atoms with E-state index in [1.165, 1.54) is 31.3 Å². The topological polar surface area (TPSA) is 28.2 Å². The summed E-state index contributed by atoms with van der Waals surface area (Å²) in [4.78, 5) is 6.96. The van der Waals surface area contributed by atoms with Crippen LogP contribution in [0.5, 0.6) is 0 Å². The Bertz CT molecular complexity index is 599. The summed E-state index contributed by atoms with van der Waals surface area (Å²) in [7, 11) is 2.21. The van der Waals surface area contributed by atoms with Gasteiger partial charge in [-0.15, -0.1) is 0 Å². The average molecular weight is 334 g/mol. The van der Waals surface area contributed by atoms with Gasteiger partial charge in [-0.05, 0) is 60.4 Å². The average Bonchev–Trinajstić information content (AvgIpc) is 2.44. The molecule has 1 aromatic heterocycles. The predicted molar refractivity (Wildman–Crippen MR) is 88.2 cm³/mol. The van der Waals surface area contributed by atoms with Gasteiger partial charge in [0.15, 0.2) is 0 Å². The van der Waals surface area contributed by atoms with E-state index in [1.54, 1.807) is 0 Å². The van der Waals surface area contributed by atoms with Crippen LogP contribution in [0.4, 0.5) is 5.69 Å². The first-order chi connectivity index (χ1) is 9.72. The molecule has 0 radical (unpaired) electrons. The van der Waals surface area contributed by atoms with Crippen LogP contribution >= 0.6 is 15.9 Å². The minimum Gasteiger partial charge on any atom is -0.383 e. The highest BCUT2D eigenvalue weighted by Gasteiger charge is 2.17. The molecule has 0 amide bonds. The molecule has 0 aliphatic carbocycles. The van der Waals surface area contributed by atoms with Crippen LogP contribution in [-0.4, -0.2) is 36.6 Å². The second-order valence-corrected chi connectivity index (χ2v) is 6.60. The summed E-state index contributed by atoms with van der Waals surface area (Å²) in [6.45, 7) is 3.46. The van der Waals surface area contributed by atoms with Crippen molar-refractivity contribution < 1.29 is 0 Å². The minimum atomic E-state index is 0.736. The monoisotopic (exact) mass is 333 g/mol. The van der Waals surface area contributed by atoms with Gasteiger partial charge in [0.25, 0.3) is 0 Å². The number of piperidine rings is 1. The number of halogens is 1. The van der Waals surface area contributed by atoms with Crippen LogP contribution < -0.4 is 5.32 Å². The molecule has 3 nitrogen and oxygen atoms in total. The second kappa shape index (κ2) is 6.10. The molecular formula is C16H20BrN3. The first-order valence-electron chi connectivity index (χ1n) is 7.19. The van der Waals surface area contributed by atoms with Crippen LogP contribution in [0, 0.1) is 5.92 Å². The van der Waals surface area contributed by atoms with Crippen molar-refractivity contribution in [3.05, 3.63) is 34.9 Å². The number of nitrogens with one attached hydrogen (secondary N) is 1. The molecule has 4 heteroatoms. The molecule has 0 bridgehead atoms. The molecule has 3 rings (SSSR count). The fourth-order valence-corrected chi connectivity index (χ4v) is 3.32. The van der Waals surface area contributed by atoms with Crippen molar-refractivity contribution in [1.29, 1.82) is 0 Å². The Morgan fingerprint density at radius 2 is 2.35 bits per heavy atom. The lowest BCUT2D eigenvalue weighted by atomic mass is 9.98. The Morgan fingerprint density at radius 3 is 3.20 bits per heavy atom. The Hall–Kier alpha value is -1.13. The van der Waals surface area contributed by atoms with Crippen LogP contribution in [0.15, 0.2) is 34.9 Å². The summed E-state index contributed by atoms with van der Waals surface area (Å²) >= 11 is 3.48. The molecule has 0 saturated carbocycles. The van der Waals surface area contributed by atoms with Gasteiger partial charge in [0.05, 0.1) is 11.2 Å². The van der Waals surface area contributed by atoms with Crippen molar-refractivity contribution >= 4 is 32.5 Å². The number of aromatic nitrogens is 1. The van der Waals surface area contributed by atoms with Crippen LogP contribution in [-0.2, 0) is 0 Å². The fourth-order valence-electron chi connectivity index (χ4n) is 2.97. The maximum atomic E-state index is 4.54. The summed E-state index contributed by atoms with van der Waals surface area (Å²) in [6, 6.07) is 8.43. The minimum absolute atomic E-state index is 0.736. The summed E-state index contributed by atoms with van der Waals surface area (Å²) in [5.74, 6) is 0.736. The van der Waals surface area contributed by atoms with Crippen LogP contribution in [0.3, 0.4) is 0 Å². The molecule has 20 heavy (non-hydrogen) atoms. The molecule has 1 aromatic carbocycles. The first-order valence-corrected chi connectivity index (χ1v) is 7.98. The largest absolute Gasteiger partial charge is 0.383 e. The zero-order chi connectivity index (χ0) is 13.9. The molecule has 2 aromatic rings. The number of likely N-dealkylation sites (tertiary alicyclic amines) is 1. The fraction of sp³-hybridized carbons (Fsp3) is 0.438. The number of hydrogen-bond donors (Lipinski definition) is 1. The Balaban J connectivity index is 1.74. The predicted octanol–water partition coefficient (Wildman–Crippen LogP) is 3.75. The molecule has 2 heterocycles. The third-order valence-electron chi connectivity index (χ3n) is 3.98. The number of benzene rings is 1. The SMILES string of the molecule is CN1CCCC(CNc2cccc3cc(Br)cnc23)C1. The highest BCUT2D eigenvalue weighted by atomic mass is 79.9. The van der Waals surface area contributed by atoms with Crippen LogP contribution in [0.25, 0.3) is 10.9 Å². The molecule has 106 valence electrons. The van der Waals surface area contributed by atoms with Crippen LogP contribution in [0.2, 0.25) is 0 Å². The Kier molecular flexibility index (Phi) is 4.22. The quantitative estimate of drug-likeness (QED) is 0.927. The van der Waals surface area contributed by atoms with Gasteiger partial charge in [-0.1, -0.05) is 12.1 Å². The van der Waals surface area contributed by atoms with Crippen molar-refractivity contribution in [2.45, 2.75) is 12.8 Å². The van der Waals surface area contributed by atoms with Gasteiger partial charge in [-0.3, -0.25) is 4.98 Å². The van der Waals surface area contributed by atoms with Gasteiger partial charge in [0.1, 0.15) is 0 Å². The Labute approximate surface area is 128 Å². The van der Waals surface area contributed by atoms with E-state index < -0.39 is 0 Å². The van der Waals surface area contributed by atoms with Crippen molar-refractivity contribution in [2.75, 3.05) is 32.0 Å². The first kappa shape index (κ1) is 13.8. The highest BCUT2D eigenvalue weighted by Crippen LogP contribution is 2.25. The van der Waals surface area contributed by atoms with Gasteiger partial charge >= 0.3 is 0 Å². The Morgan fingerprint density at radius 1 is 1.45 bits per heavy atom. The van der Waals surface area contributed by atoms with E-state index in [0.29, 0.717) is 0 Å². The van der Waals surface area contributed by atoms with Crippen molar-refractivity contribution in [3.63, 3.8) is 0 Å².